The van der Waals surface area contributed by atoms with Gasteiger partial charge in [0.2, 0.25) is 11.8 Å². The first-order chi connectivity index (χ1) is 13.5. The van der Waals surface area contributed by atoms with Crippen molar-refractivity contribution in [2.24, 2.45) is 11.8 Å². The minimum absolute atomic E-state index is 0.0230. The lowest BCUT2D eigenvalue weighted by Crippen LogP contribution is -2.47. The van der Waals surface area contributed by atoms with Gasteiger partial charge in [-0.25, -0.2) is 4.39 Å². The van der Waals surface area contributed by atoms with E-state index in [4.69, 9.17) is 0 Å². The van der Waals surface area contributed by atoms with Crippen molar-refractivity contribution in [1.29, 1.82) is 0 Å². The van der Waals surface area contributed by atoms with E-state index in [2.05, 4.69) is 10.2 Å². The number of rotatable bonds is 3. The Morgan fingerprint density at radius 2 is 1.50 bits per heavy atom. The highest BCUT2D eigenvalue weighted by Gasteiger charge is 2.38. The second-order valence-corrected chi connectivity index (χ2v) is 8.14. The van der Waals surface area contributed by atoms with Crippen LogP contribution in [0.15, 0.2) is 24.3 Å². The molecule has 1 aromatic carbocycles. The zero-order valence-electron chi connectivity index (χ0n) is 15.9. The Morgan fingerprint density at radius 3 is 2.04 bits per heavy atom. The molecule has 0 radical (unpaired) electrons. The summed E-state index contributed by atoms with van der Waals surface area (Å²) in [5.74, 6) is 0.524. The number of amides is 3. The standard InChI is InChI=1S/C21H26FN3O3/c22-17-3-1-16(2-4-17)21(28)25-11-7-15(8-12-25)14-5-9-24(10-6-14)18-13-19(26)23-20(18)27/h1-4,14-15,18H,5-13H2,(H,23,26,27)/t18-/m1/s1. The molecule has 3 aliphatic rings. The molecule has 3 fully saturated rings. The van der Waals surface area contributed by atoms with Gasteiger partial charge in [-0.15, -0.1) is 0 Å². The van der Waals surface area contributed by atoms with Crippen molar-refractivity contribution >= 4 is 17.7 Å². The number of benzene rings is 1. The second kappa shape index (κ2) is 7.99. The van der Waals surface area contributed by atoms with Gasteiger partial charge < -0.3 is 4.90 Å². The lowest BCUT2D eigenvalue weighted by atomic mass is 9.78. The topological polar surface area (TPSA) is 69.7 Å². The zero-order valence-corrected chi connectivity index (χ0v) is 15.9. The molecule has 0 aliphatic carbocycles. The van der Waals surface area contributed by atoms with Crippen LogP contribution in [0, 0.1) is 17.7 Å². The molecule has 3 saturated heterocycles. The molecule has 0 bridgehead atoms. The Balaban J connectivity index is 1.26. The molecule has 0 unspecified atom stereocenters. The number of carbonyl (C=O) groups is 3. The van der Waals surface area contributed by atoms with Crippen molar-refractivity contribution < 1.29 is 18.8 Å². The van der Waals surface area contributed by atoms with Gasteiger partial charge >= 0.3 is 0 Å². The quantitative estimate of drug-likeness (QED) is 0.803. The molecule has 7 heteroatoms. The maximum Gasteiger partial charge on any atom is 0.253 e. The number of nitrogens with zero attached hydrogens (tertiary/aromatic N) is 2. The molecule has 1 N–H and O–H groups in total. The summed E-state index contributed by atoms with van der Waals surface area (Å²) in [4.78, 5) is 39.9. The number of halogens is 1. The number of carbonyl (C=O) groups excluding carboxylic acids is 3. The first-order valence-electron chi connectivity index (χ1n) is 10.1. The zero-order chi connectivity index (χ0) is 19.7. The van der Waals surface area contributed by atoms with Crippen molar-refractivity contribution in [2.75, 3.05) is 26.2 Å². The van der Waals surface area contributed by atoms with E-state index < -0.39 is 0 Å². The number of imide groups is 1. The number of hydrogen-bond acceptors (Lipinski definition) is 4. The van der Waals surface area contributed by atoms with Gasteiger partial charge in [-0.3, -0.25) is 24.6 Å². The van der Waals surface area contributed by atoms with E-state index in [0.717, 1.165) is 51.9 Å². The summed E-state index contributed by atoms with van der Waals surface area (Å²) >= 11 is 0. The average molecular weight is 387 g/mol. The number of nitrogens with one attached hydrogen (secondary N) is 1. The maximum absolute atomic E-state index is 13.0. The molecule has 4 rings (SSSR count). The molecule has 3 amide bonds. The van der Waals surface area contributed by atoms with Crippen LogP contribution in [0.1, 0.15) is 42.5 Å². The van der Waals surface area contributed by atoms with Gasteiger partial charge in [0.25, 0.3) is 5.91 Å². The highest BCUT2D eigenvalue weighted by Crippen LogP contribution is 2.34. The van der Waals surface area contributed by atoms with Crippen molar-refractivity contribution in [2.45, 2.75) is 38.1 Å². The van der Waals surface area contributed by atoms with Crippen LogP contribution in [0.4, 0.5) is 4.39 Å². The van der Waals surface area contributed by atoms with Gasteiger partial charge in [-0.05, 0) is 74.9 Å². The normalized spacial score (nSPS) is 25.2. The van der Waals surface area contributed by atoms with E-state index >= 15 is 0 Å². The fraction of sp³-hybridized carbons (Fsp3) is 0.571. The van der Waals surface area contributed by atoms with Crippen molar-refractivity contribution in [3.8, 4) is 0 Å². The van der Waals surface area contributed by atoms with E-state index in [0.29, 0.717) is 17.4 Å². The fourth-order valence-corrected chi connectivity index (χ4v) is 4.89. The van der Waals surface area contributed by atoms with Crippen LogP contribution in [0.25, 0.3) is 0 Å². The molecule has 150 valence electrons. The van der Waals surface area contributed by atoms with Gasteiger partial charge in [0.15, 0.2) is 0 Å². The largest absolute Gasteiger partial charge is 0.339 e. The summed E-state index contributed by atoms with van der Waals surface area (Å²) in [7, 11) is 0. The fourth-order valence-electron chi connectivity index (χ4n) is 4.89. The Labute approximate surface area is 164 Å². The molecular formula is C21H26FN3O3. The molecule has 3 heterocycles. The van der Waals surface area contributed by atoms with Crippen LogP contribution >= 0.6 is 0 Å². The smallest absolute Gasteiger partial charge is 0.253 e. The molecule has 0 aromatic heterocycles. The summed E-state index contributed by atoms with van der Waals surface area (Å²) in [6.45, 7) is 3.18. The van der Waals surface area contributed by atoms with E-state index in [1.807, 2.05) is 4.90 Å². The number of likely N-dealkylation sites (tertiary alicyclic amines) is 2. The van der Waals surface area contributed by atoms with Gasteiger partial charge in [-0.1, -0.05) is 0 Å². The third kappa shape index (κ3) is 3.94. The number of hydrogen-bond donors (Lipinski definition) is 1. The summed E-state index contributed by atoms with van der Waals surface area (Å²) < 4.78 is 13.0. The number of piperidine rings is 2. The lowest BCUT2D eigenvalue weighted by molar-refractivity contribution is -0.126. The molecule has 28 heavy (non-hydrogen) atoms. The van der Waals surface area contributed by atoms with Crippen molar-refractivity contribution in [3.05, 3.63) is 35.6 Å². The predicted molar refractivity (Wildman–Crippen MR) is 101 cm³/mol. The second-order valence-electron chi connectivity index (χ2n) is 8.14. The van der Waals surface area contributed by atoms with E-state index in [1.165, 1.54) is 12.1 Å². The van der Waals surface area contributed by atoms with E-state index in [1.54, 1.807) is 12.1 Å². The Morgan fingerprint density at radius 1 is 0.929 bits per heavy atom. The Hall–Kier alpha value is -2.28. The summed E-state index contributed by atoms with van der Waals surface area (Å²) in [5.41, 5.74) is 0.539. The van der Waals surface area contributed by atoms with Gasteiger partial charge in [0.05, 0.1) is 12.5 Å². The molecule has 0 saturated carbocycles. The molecule has 1 atom stereocenters. The van der Waals surface area contributed by atoms with Crippen molar-refractivity contribution in [1.82, 2.24) is 15.1 Å². The predicted octanol–water partition coefficient (Wildman–Crippen LogP) is 1.80. The Kier molecular flexibility index (Phi) is 5.44. The summed E-state index contributed by atoms with van der Waals surface area (Å²) in [5, 5.41) is 2.39. The SMILES string of the molecule is O=C1C[C@@H](N2CCC(C3CCN(C(=O)c4ccc(F)cc4)CC3)CC2)C(=O)N1. The molecule has 3 aliphatic heterocycles. The van der Waals surface area contributed by atoms with Crippen LogP contribution in [0.5, 0.6) is 0 Å². The highest BCUT2D eigenvalue weighted by atomic mass is 19.1. The maximum atomic E-state index is 13.0. The van der Waals surface area contributed by atoms with Crippen molar-refractivity contribution in [3.63, 3.8) is 0 Å². The third-order valence-corrected chi connectivity index (χ3v) is 6.54. The van der Waals surface area contributed by atoms with Gasteiger partial charge in [0, 0.05) is 18.7 Å². The average Bonchev–Trinajstić information content (AvgIpc) is 3.06. The third-order valence-electron chi connectivity index (χ3n) is 6.54. The summed E-state index contributed by atoms with van der Waals surface area (Å²) in [6, 6.07) is 5.45. The monoisotopic (exact) mass is 387 g/mol. The van der Waals surface area contributed by atoms with Gasteiger partial charge in [-0.2, -0.15) is 0 Å². The highest BCUT2D eigenvalue weighted by molar-refractivity contribution is 6.05. The first kappa shape index (κ1) is 19.1. The summed E-state index contributed by atoms with van der Waals surface area (Å²) in [6.07, 6.45) is 4.33. The minimum atomic E-state index is -0.332. The van der Waals surface area contributed by atoms with E-state index in [-0.39, 0.29) is 36.0 Å². The van der Waals surface area contributed by atoms with Gasteiger partial charge in [0.1, 0.15) is 5.82 Å². The van der Waals surface area contributed by atoms with Crippen LogP contribution < -0.4 is 5.32 Å². The molecule has 6 nitrogen and oxygen atoms in total. The molecular weight excluding hydrogens is 361 g/mol. The first-order valence-corrected chi connectivity index (χ1v) is 10.1. The minimum Gasteiger partial charge on any atom is -0.339 e. The van der Waals surface area contributed by atoms with Crippen LogP contribution in [0.3, 0.4) is 0 Å². The van der Waals surface area contributed by atoms with Crippen LogP contribution in [-0.4, -0.2) is 59.7 Å². The van der Waals surface area contributed by atoms with Crippen LogP contribution in [-0.2, 0) is 9.59 Å². The molecule has 1 aromatic rings. The lowest BCUT2D eigenvalue weighted by Gasteiger charge is -2.41. The van der Waals surface area contributed by atoms with Crippen LogP contribution in [0.2, 0.25) is 0 Å². The molecule has 0 spiro atoms. The van der Waals surface area contributed by atoms with E-state index in [9.17, 15) is 18.8 Å². The Bertz CT molecular complexity index is 751.